The van der Waals surface area contributed by atoms with Crippen LogP contribution in [0.3, 0.4) is 0 Å². The predicted molar refractivity (Wildman–Crippen MR) is 69.2 cm³/mol. The maximum atomic E-state index is 13.1. The van der Waals surface area contributed by atoms with E-state index in [1.54, 1.807) is 30.3 Å². The molecule has 110 valence electrons. The Morgan fingerprint density at radius 1 is 1.05 bits per heavy atom. The van der Waals surface area contributed by atoms with Crippen LogP contribution in [0.4, 0.5) is 13.2 Å². The van der Waals surface area contributed by atoms with Crippen LogP contribution >= 0.6 is 0 Å². The first kappa shape index (κ1) is 14.9. The van der Waals surface area contributed by atoms with Gasteiger partial charge < -0.3 is 9.84 Å². The lowest BCUT2D eigenvalue weighted by atomic mass is 10.1. The molecule has 0 heterocycles. The topological polar surface area (TPSA) is 46.5 Å². The van der Waals surface area contributed by atoms with Crippen LogP contribution in [0.15, 0.2) is 48.5 Å². The molecule has 6 heteroatoms. The first-order valence-electron chi connectivity index (χ1n) is 6.00. The highest BCUT2D eigenvalue weighted by Gasteiger charge is 2.39. The summed E-state index contributed by atoms with van der Waals surface area (Å²) in [5.74, 6) is -2.14. The van der Waals surface area contributed by atoms with Crippen LogP contribution in [0.25, 0.3) is 0 Å². The van der Waals surface area contributed by atoms with Gasteiger partial charge in [0.1, 0.15) is 17.9 Å². The van der Waals surface area contributed by atoms with Gasteiger partial charge in [-0.1, -0.05) is 36.4 Å². The third kappa shape index (κ3) is 3.53. The van der Waals surface area contributed by atoms with Crippen molar-refractivity contribution in [3.05, 3.63) is 65.2 Å². The first-order chi connectivity index (χ1) is 9.89. The zero-order chi connectivity index (χ0) is 15.5. The number of ether oxygens (including phenoxy) is 1. The second-order valence-electron chi connectivity index (χ2n) is 4.26. The third-order valence-electron chi connectivity index (χ3n) is 2.78. The third-order valence-corrected chi connectivity index (χ3v) is 2.78. The maximum absolute atomic E-state index is 13.1. The number of hydrogen-bond donors (Lipinski definition) is 1. The van der Waals surface area contributed by atoms with Crippen molar-refractivity contribution in [1.29, 1.82) is 0 Å². The lowest BCUT2D eigenvalue weighted by Gasteiger charge is -2.16. The molecule has 0 radical (unpaired) electrons. The Labute approximate surface area is 118 Å². The van der Waals surface area contributed by atoms with Gasteiger partial charge in [-0.3, -0.25) is 0 Å². The summed E-state index contributed by atoms with van der Waals surface area (Å²) in [7, 11) is 0. The van der Waals surface area contributed by atoms with Gasteiger partial charge in [0, 0.05) is 0 Å². The molecule has 0 spiro atoms. The van der Waals surface area contributed by atoms with Crippen LogP contribution in [0, 0.1) is 0 Å². The van der Waals surface area contributed by atoms with Crippen LogP contribution in [0.5, 0.6) is 5.75 Å². The molecule has 3 nitrogen and oxygen atoms in total. The van der Waals surface area contributed by atoms with Crippen LogP contribution in [0.2, 0.25) is 0 Å². The van der Waals surface area contributed by atoms with Crippen LogP contribution < -0.4 is 4.74 Å². The zero-order valence-corrected chi connectivity index (χ0v) is 10.7. The highest BCUT2D eigenvalue weighted by Crippen LogP contribution is 2.39. The molecule has 0 aromatic heterocycles. The quantitative estimate of drug-likeness (QED) is 0.928. The van der Waals surface area contributed by atoms with Gasteiger partial charge >= 0.3 is 12.1 Å². The van der Waals surface area contributed by atoms with Gasteiger partial charge in [-0.15, -0.1) is 0 Å². The minimum Gasteiger partial charge on any atom is -0.488 e. The number of carboxylic acids is 1. The van der Waals surface area contributed by atoms with Crippen molar-refractivity contribution in [1.82, 2.24) is 0 Å². The van der Waals surface area contributed by atoms with E-state index in [9.17, 15) is 18.0 Å². The molecule has 2 rings (SSSR count). The standard InChI is InChI=1S/C15H11F3O3/c16-15(17,18)13-11(14(19)20)7-4-8-12(13)21-9-10-5-2-1-3-6-10/h1-8H,9H2,(H,19,20). The highest BCUT2D eigenvalue weighted by atomic mass is 19.4. The minimum absolute atomic E-state index is 0.0764. The van der Waals surface area contributed by atoms with E-state index in [1.165, 1.54) is 6.07 Å². The molecule has 1 N–H and O–H groups in total. The average Bonchev–Trinajstić information content (AvgIpc) is 2.44. The van der Waals surface area contributed by atoms with Gasteiger partial charge in [-0.25, -0.2) is 4.79 Å². The Morgan fingerprint density at radius 3 is 2.29 bits per heavy atom. The van der Waals surface area contributed by atoms with Gasteiger partial charge in [0.25, 0.3) is 0 Å². The van der Waals surface area contributed by atoms with E-state index < -0.39 is 29.0 Å². The normalized spacial score (nSPS) is 11.2. The summed E-state index contributed by atoms with van der Waals surface area (Å²) in [5.41, 5.74) is -1.41. The van der Waals surface area contributed by atoms with E-state index in [1.807, 2.05) is 0 Å². The molecule has 2 aromatic carbocycles. The van der Waals surface area contributed by atoms with Crippen molar-refractivity contribution in [3.63, 3.8) is 0 Å². The summed E-state index contributed by atoms with van der Waals surface area (Å²) in [6.07, 6.45) is -4.80. The number of carbonyl (C=O) groups is 1. The van der Waals surface area contributed by atoms with Crippen LogP contribution in [-0.4, -0.2) is 11.1 Å². The van der Waals surface area contributed by atoms with E-state index in [4.69, 9.17) is 9.84 Å². The van der Waals surface area contributed by atoms with Gasteiger partial charge in [-0.2, -0.15) is 13.2 Å². The molecule has 0 atom stereocenters. The van der Waals surface area contributed by atoms with Crippen molar-refractivity contribution in [2.24, 2.45) is 0 Å². The average molecular weight is 296 g/mol. The smallest absolute Gasteiger partial charge is 0.420 e. The van der Waals surface area contributed by atoms with Crippen molar-refractivity contribution < 1.29 is 27.8 Å². The number of hydrogen-bond acceptors (Lipinski definition) is 2. The van der Waals surface area contributed by atoms with E-state index in [2.05, 4.69) is 0 Å². The second-order valence-corrected chi connectivity index (χ2v) is 4.26. The Kier molecular flexibility index (Phi) is 4.16. The Hall–Kier alpha value is -2.50. The Bertz CT molecular complexity index is 636. The largest absolute Gasteiger partial charge is 0.488 e. The zero-order valence-electron chi connectivity index (χ0n) is 10.7. The molecule has 0 amide bonds. The summed E-state index contributed by atoms with van der Waals surface area (Å²) in [6, 6.07) is 11.9. The summed E-state index contributed by atoms with van der Waals surface area (Å²) in [4.78, 5) is 10.9. The molecule has 0 unspecified atom stereocenters. The molecule has 0 aliphatic heterocycles. The van der Waals surface area contributed by atoms with Gasteiger partial charge in [-0.05, 0) is 17.7 Å². The number of carboxylic acid groups (broad SMARTS) is 1. The first-order valence-corrected chi connectivity index (χ1v) is 6.00. The van der Waals surface area contributed by atoms with E-state index in [0.29, 0.717) is 5.56 Å². The molecule has 0 bridgehead atoms. The molecule has 2 aromatic rings. The van der Waals surface area contributed by atoms with Crippen molar-refractivity contribution in [2.75, 3.05) is 0 Å². The van der Waals surface area contributed by atoms with Crippen molar-refractivity contribution >= 4 is 5.97 Å². The van der Waals surface area contributed by atoms with E-state index in [-0.39, 0.29) is 6.61 Å². The fraction of sp³-hybridized carbons (Fsp3) is 0.133. The SMILES string of the molecule is O=C(O)c1cccc(OCc2ccccc2)c1C(F)(F)F. The number of halogens is 3. The molecule has 0 fully saturated rings. The fourth-order valence-electron chi connectivity index (χ4n) is 1.86. The number of rotatable bonds is 4. The van der Waals surface area contributed by atoms with Crippen LogP contribution in [-0.2, 0) is 12.8 Å². The lowest BCUT2D eigenvalue weighted by Crippen LogP contribution is -2.15. The summed E-state index contributed by atoms with van der Waals surface area (Å²) >= 11 is 0. The minimum atomic E-state index is -4.80. The van der Waals surface area contributed by atoms with Gasteiger partial charge in [0.15, 0.2) is 0 Å². The van der Waals surface area contributed by atoms with Crippen LogP contribution in [0.1, 0.15) is 21.5 Å². The molecule has 0 saturated carbocycles. The summed E-state index contributed by atoms with van der Waals surface area (Å²) in [5, 5.41) is 8.88. The van der Waals surface area contributed by atoms with Crippen molar-refractivity contribution in [2.45, 2.75) is 12.8 Å². The van der Waals surface area contributed by atoms with Crippen molar-refractivity contribution in [3.8, 4) is 5.75 Å². The number of alkyl halides is 3. The second kappa shape index (κ2) is 5.87. The Morgan fingerprint density at radius 2 is 1.71 bits per heavy atom. The van der Waals surface area contributed by atoms with E-state index in [0.717, 1.165) is 12.1 Å². The lowest BCUT2D eigenvalue weighted by molar-refractivity contribution is -0.139. The molecular weight excluding hydrogens is 285 g/mol. The number of aromatic carboxylic acids is 1. The monoisotopic (exact) mass is 296 g/mol. The van der Waals surface area contributed by atoms with Gasteiger partial charge in [0.05, 0.1) is 5.56 Å². The molecule has 0 saturated heterocycles. The Balaban J connectivity index is 2.35. The molecule has 0 aliphatic carbocycles. The number of benzene rings is 2. The van der Waals surface area contributed by atoms with E-state index >= 15 is 0 Å². The molecule has 21 heavy (non-hydrogen) atoms. The molecule has 0 aliphatic rings. The fourth-order valence-corrected chi connectivity index (χ4v) is 1.86. The highest BCUT2D eigenvalue weighted by molar-refractivity contribution is 5.90. The van der Waals surface area contributed by atoms with Gasteiger partial charge in [0.2, 0.25) is 0 Å². The predicted octanol–water partition coefficient (Wildman–Crippen LogP) is 3.98. The summed E-state index contributed by atoms with van der Waals surface area (Å²) in [6.45, 7) is -0.0764. The summed E-state index contributed by atoms with van der Waals surface area (Å²) < 4.78 is 44.3. The molecular formula is C15H11F3O3. The maximum Gasteiger partial charge on any atom is 0.420 e.